The second-order valence-corrected chi connectivity index (χ2v) is 8.15. The highest BCUT2D eigenvalue weighted by atomic mass is 127. The van der Waals surface area contributed by atoms with Crippen LogP contribution in [-0.2, 0) is 23.1 Å². The highest BCUT2D eigenvalue weighted by molar-refractivity contribution is 14.0. The van der Waals surface area contributed by atoms with E-state index in [1.165, 1.54) is 9.75 Å². The van der Waals surface area contributed by atoms with Crippen molar-refractivity contribution in [2.24, 2.45) is 4.99 Å². The SMILES string of the molecule is CCc1ccc(CNC(=NC)NCC2(c3ccc(F)cc3)CCOCC2)s1.I. The minimum absolute atomic E-state index is 0. The standard InChI is InChI=1S/C21H28FN3OS.HI/c1-3-18-8-9-19(27-18)14-24-20(23-2)25-15-21(10-12-26-13-11-21)16-4-6-17(22)7-5-16;/h4-9H,3,10-15H2,1-2H3,(H2,23,24,25);1H. The summed E-state index contributed by atoms with van der Waals surface area (Å²) >= 11 is 1.83. The molecule has 1 aromatic heterocycles. The van der Waals surface area contributed by atoms with Gasteiger partial charge in [-0.2, -0.15) is 0 Å². The fourth-order valence-electron chi connectivity index (χ4n) is 3.48. The number of nitrogens with one attached hydrogen (secondary N) is 2. The first-order valence-corrected chi connectivity index (χ1v) is 10.3. The number of benzene rings is 1. The van der Waals surface area contributed by atoms with Crippen molar-refractivity contribution >= 4 is 41.3 Å². The van der Waals surface area contributed by atoms with E-state index in [4.69, 9.17) is 4.74 Å². The van der Waals surface area contributed by atoms with Gasteiger partial charge < -0.3 is 15.4 Å². The van der Waals surface area contributed by atoms with Gasteiger partial charge in [-0.25, -0.2) is 4.39 Å². The fourth-order valence-corrected chi connectivity index (χ4v) is 4.38. The summed E-state index contributed by atoms with van der Waals surface area (Å²) in [4.78, 5) is 7.06. The summed E-state index contributed by atoms with van der Waals surface area (Å²) in [6.45, 7) is 5.12. The van der Waals surface area contributed by atoms with Crippen molar-refractivity contribution in [2.45, 2.75) is 38.1 Å². The number of nitrogens with zero attached hydrogens (tertiary/aromatic N) is 1. The molecule has 1 saturated heterocycles. The van der Waals surface area contributed by atoms with Crippen LogP contribution in [0.5, 0.6) is 0 Å². The molecule has 2 aromatic rings. The molecule has 0 saturated carbocycles. The predicted octanol–water partition coefficient (Wildman–Crippen LogP) is 4.48. The van der Waals surface area contributed by atoms with Crippen LogP contribution in [0.2, 0.25) is 0 Å². The maximum absolute atomic E-state index is 13.4. The average Bonchev–Trinajstić information content (AvgIpc) is 3.17. The van der Waals surface area contributed by atoms with Crippen LogP contribution in [0, 0.1) is 5.82 Å². The summed E-state index contributed by atoms with van der Waals surface area (Å²) in [6.07, 6.45) is 2.89. The third-order valence-electron chi connectivity index (χ3n) is 5.22. The lowest BCUT2D eigenvalue weighted by Crippen LogP contribution is -2.47. The molecule has 7 heteroatoms. The Morgan fingerprint density at radius 1 is 1.11 bits per heavy atom. The van der Waals surface area contributed by atoms with Gasteiger partial charge in [0.2, 0.25) is 0 Å². The number of hydrogen-bond donors (Lipinski definition) is 2. The second-order valence-electron chi connectivity index (χ2n) is 6.90. The van der Waals surface area contributed by atoms with Gasteiger partial charge in [-0.3, -0.25) is 4.99 Å². The zero-order valence-electron chi connectivity index (χ0n) is 16.5. The summed E-state index contributed by atoms with van der Waals surface area (Å²) < 4.78 is 18.9. The number of rotatable bonds is 6. The van der Waals surface area contributed by atoms with E-state index in [2.05, 4.69) is 34.7 Å². The molecule has 28 heavy (non-hydrogen) atoms. The molecule has 2 N–H and O–H groups in total. The zero-order chi connectivity index (χ0) is 19.1. The number of aliphatic imine (C=N–C) groups is 1. The molecule has 4 nitrogen and oxygen atoms in total. The molecular formula is C21H29FIN3OS. The molecule has 1 aliphatic rings. The third kappa shape index (κ3) is 5.90. The van der Waals surface area contributed by atoms with E-state index in [1.807, 2.05) is 23.5 Å². The van der Waals surface area contributed by atoms with Crippen LogP contribution in [0.15, 0.2) is 41.4 Å². The molecule has 1 aromatic carbocycles. The number of halogens is 2. The monoisotopic (exact) mass is 517 g/mol. The van der Waals surface area contributed by atoms with Crippen LogP contribution in [0.4, 0.5) is 4.39 Å². The predicted molar refractivity (Wildman–Crippen MR) is 125 cm³/mol. The van der Waals surface area contributed by atoms with Gasteiger partial charge in [0.15, 0.2) is 5.96 Å². The Kier molecular flexibility index (Phi) is 9.17. The Labute approximate surface area is 188 Å². The molecule has 0 amide bonds. The molecule has 0 radical (unpaired) electrons. The fraction of sp³-hybridized carbons (Fsp3) is 0.476. The minimum Gasteiger partial charge on any atom is -0.381 e. The van der Waals surface area contributed by atoms with E-state index in [1.54, 1.807) is 19.2 Å². The van der Waals surface area contributed by atoms with E-state index in [0.717, 1.165) is 57.1 Å². The Balaban J connectivity index is 0.00000280. The van der Waals surface area contributed by atoms with Crippen LogP contribution >= 0.6 is 35.3 Å². The lowest BCUT2D eigenvalue weighted by molar-refractivity contribution is 0.0513. The van der Waals surface area contributed by atoms with Crippen molar-refractivity contribution < 1.29 is 9.13 Å². The molecule has 2 heterocycles. The zero-order valence-corrected chi connectivity index (χ0v) is 19.6. The van der Waals surface area contributed by atoms with Crippen molar-refractivity contribution in [2.75, 3.05) is 26.8 Å². The average molecular weight is 517 g/mol. The molecule has 1 fully saturated rings. The maximum atomic E-state index is 13.4. The summed E-state index contributed by atoms with van der Waals surface area (Å²) in [7, 11) is 1.79. The Morgan fingerprint density at radius 2 is 1.79 bits per heavy atom. The van der Waals surface area contributed by atoms with Gasteiger partial charge in [0.1, 0.15) is 5.82 Å². The summed E-state index contributed by atoms with van der Waals surface area (Å²) in [6, 6.07) is 11.2. The highest BCUT2D eigenvalue weighted by Gasteiger charge is 2.34. The Hall–Kier alpha value is -1.19. The number of aryl methyl sites for hydroxylation is 1. The first kappa shape index (κ1) is 23.1. The van der Waals surface area contributed by atoms with Crippen LogP contribution in [0.3, 0.4) is 0 Å². The molecule has 154 valence electrons. The maximum Gasteiger partial charge on any atom is 0.191 e. The van der Waals surface area contributed by atoms with E-state index >= 15 is 0 Å². The van der Waals surface area contributed by atoms with Crippen molar-refractivity contribution in [3.05, 3.63) is 57.5 Å². The molecule has 3 rings (SSSR count). The van der Waals surface area contributed by atoms with E-state index in [9.17, 15) is 4.39 Å². The summed E-state index contributed by atoms with van der Waals surface area (Å²) in [5.74, 6) is 0.586. The number of guanidine groups is 1. The van der Waals surface area contributed by atoms with Crippen molar-refractivity contribution in [3.8, 4) is 0 Å². The number of hydrogen-bond acceptors (Lipinski definition) is 3. The lowest BCUT2D eigenvalue weighted by atomic mass is 9.74. The summed E-state index contributed by atoms with van der Waals surface area (Å²) in [5, 5.41) is 6.88. The van der Waals surface area contributed by atoms with Gasteiger partial charge in [0, 0.05) is 42.0 Å². The molecule has 0 spiro atoms. The molecule has 0 unspecified atom stereocenters. The van der Waals surface area contributed by atoms with Gasteiger partial charge in [-0.05, 0) is 49.1 Å². The van der Waals surface area contributed by atoms with Crippen molar-refractivity contribution in [1.29, 1.82) is 0 Å². The topological polar surface area (TPSA) is 45.7 Å². The smallest absolute Gasteiger partial charge is 0.191 e. The normalized spacial score (nSPS) is 16.3. The first-order valence-electron chi connectivity index (χ1n) is 9.51. The molecule has 0 aliphatic carbocycles. The first-order chi connectivity index (χ1) is 13.1. The van der Waals surface area contributed by atoms with Crippen LogP contribution in [-0.4, -0.2) is 32.8 Å². The van der Waals surface area contributed by atoms with Crippen LogP contribution < -0.4 is 10.6 Å². The molecule has 0 bridgehead atoms. The summed E-state index contributed by atoms with van der Waals surface area (Å²) in [5.41, 5.74) is 1.09. The van der Waals surface area contributed by atoms with Gasteiger partial charge in [-0.1, -0.05) is 19.1 Å². The Morgan fingerprint density at radius 3 is 2.39 bits per heavy atom. The van der Waals surface area contributed by atoms with Crippen LogP contribution in [0.25, 0.3) is 0 Å². The lowest BCUT2D eigenvalue weighted by Gasteiger charge is -2.38. The van der Waals surface area contributed by atoms with Gasteiger partial charge in [0.25, 0.3) is 0 Å². The second kappa shape index (κ2) is 11.1. The van der Waals surface area contributed by atoms with Crippen molar-refractivity contribution in [3.63, 3.8) is 0 Å². The molecule has 1 aliphatic heterocycles. The number of ether oxygens (including phenoxy) is 1. The Bertz CT molecular complexity index is 757. The molecule has 0 atom stereocenters. The van der Waals surface area contributed by atoms with Gasteiger partial charge >= 0.3 is 0 Å². The van der Waals surface area contributed by atoms with Crippen LogP contribution in [0.1, 0.15) is 35.1 Å². The van der Waals surface area contributed by atoms with E-state index in [-0.39, 0.29) is 35.2 Å². The van der Waals surface area contributed by atoms with E-state index in [0.29, 0.717) is 0 Å². The van der Waals surface area contributed by atoms with Crippen molar-refractivity contribution in [1.82, 2.24) is 10.6 Å². The third-order valence-corrected chi connectivity index (χ3v) is 6.45. The number of thiophene rings is 1. The largest absolute Gasteiger partial charge is 0.381 e. The van der Waals surface area contributed by atoms with Gasteiger partial charge in [0.05, 0.1) is 6.54 Å². The van der Waals surface area contributed by atoms with E-state index < -0.39 is 0 Å². The quantitative estimate of drug-likeness (QED) is 0.338. The highest BCUT2D eigenvalue weighted by Crippen LogP contribution is 2.34. The molecular weight excluding hydrogens is 488 g/mol. The minimum atomic E-state index is -0.200. The van der Waals surface area contributed by atoms with Gasteiger partial charge in [-0.15, -0.1) is 35.3 Å².